The maximum atomic E-state index is 8.86. The van der Waals surface area contributed by atoms with E-state index in [1.807, 2.05) is 12.1 Å². The summed E-state index contributed by atoms with van der Waals surface area (Å²) >= 11 is 0. The van der Waals surface area contributed by atoms with Crippen molar-refractivity contribution in [1.29, 1.82) is 5.26 Å². The summed E-state index contributed by atoms with van der Waals surface area (Å²) in [6, 6.07) is 10.4. The molecule has 20 heavy (non-hydrogen) atoms. The monoisotopic (exact) mass is 269 g/mol. The van der Waals surface area contributed by atoms with Gasteiger partial charge < -0.3 is 0 Å². The van der Waals surface area contributed by atoms with Crippen LogP contribution in [0.4, 0.5) is 0 Å². The van der Waals surface area contributed by atoms with Crippen molar-refractivity contribution >= 4 is 0 Å². The first-order valence-corrected chi connectivity index (χ1v) is 8.17. The van der Waals surface area contributed by atoms with Gasteiger partial charge in [-0.3, -0.25) is 0 Å². The lowest BCUT2D eigenvalue weighted by Gasteiger charge is -2.38. The highest BCUT2D eigenvalue weighted by Crippen LogP contribution is 2.45. The van der Waals surface area contributed by atoms with E-state index in [0.717, 1.165) is 5.56 Å². The first-order valence-electron chi connectivity index (χ1n) is 8.17. The third-order valence-corrected chi connectivity index (χ3v) is 5.09. The predicted molar refractivity (Wildman–Crippen MR) is 84.6 cm³/mol. The number of nitriles is 1. The Kier molecular flexibility index (Phi) is 5.24. The second-order valence-electron chi connectivity index (χ2n) is 6.78. The number of nitrogens with zero attached hydrogens (tertiary/aromatic N) is 1. The SMILES string of the molecule is CCCCCC1(C)CCC(c2ccc(C#N)cc2)CC1. The van der Waals surface area contributed by atoms with E-state index in [0.29, 0.717) is 11.3 Å². The van der Waals surface area contributed by atoms with Crippen molar-refractivity contribution in [3.63, 3.8) is 0 Å². The largest absolute Gasteiger partial charge is 0.192 e. The van der Waals surface area contributed by atoms with E-state index in [1.54, 1.807) is 0 Å². The van der Waals surface area contributed by atoms with Crippen molar-refractivity contribution in [3.8, 4) is 6.07 Å². The minimum atomic E-state index is 0.582. The molecule has 108 valence electrons. The van der Waals surface area contributed by atoms with Crippen LogP contribution in [-0.2, 0) is 0 Å². The lowest BCUT2D eigenvalue weighted by atomic mass is 9.68. The van der Waals surface area contributed by atoms with Gasteiger partial charge in [0, 0.05) is 0 Å². The van der Waals surface area contributed by atoms with Gasteiger partial charge in [-0.25, -0.2) is 0 Å². The Hall–Kier alpha value is -1.29. The lowest BCUT2D eigenvalue weighted by molar-refractivity contribution is 0.178. The van der Waals surface area contributed by atoms with Gasteiger partial charge in [-0.05, 0) is 61.1 Å². The average Bonchev–Trinajstić information content (AvgIpc) is 2.48. The van der Waals surface area contributed by atoms with Crippen LogP contribution in [0.2, 0.25) is 0 Å². The van der Waals surface area contributed by atoms with E-state index < -0.39 is 0 Å². The van der Waals surface area contributed by atoms with Crippen LogP contribution in [0.1, 0.15) is 82.3 Å². The highest BCUT2D eigenvalue weighted by molar-refractivity contribution is 5.33. The second kappa shape index (κ2) is 6.93. The van der Waals surface area contributed by atoms with Crippen molar-refractivity contribution in [1.82, 2.24) is 0 Å². The molecule has 1 aromatic carbocycles. The first kappa shape index (κ1) is 15.1. The molecule has 0 spiro atoms. The van der Waals surface area contributed by atoms with Gasteiger partial charge in [-0.2, -0.15) is 5.26 Å². The Bertz CT molecular complexity index is 444. The molecule has 1 aliphatic rings. The summed E-state index contributed by atoms with van der Waals surface area (Å²) in [4.78, 5) is 0. The molecule has 0 atom stereocenters. The number of rotatable bonds is 5. The van der Waals surface area contributed by atoms with Crippen LogP contribution in [0.5, 0.6) is 0 Å². The van der Waals surface area contributed by atoms with Crippen LogP contribution in [-0.4, -0.2) is 0 Å². The van der Waals surface area contributed by atoms with E-state index in [-0.39, 0.29) is 0 Å². The molecule has 0 amide bonds. The molecule has 2 rings (SSSR count). The van der Waals surface area contributed by atoms with Crippen molar-refractivity contribution < 1.29 is 0 Å². The molecule has 1 nitrogen and oxygen atoms in total. The smallest absolute Gasteiger partial charge is 0.0991 e. The molecule has 0 aromatic heterocycles. The van der Waals surface area contributed by atoms with Crippen LogP contribution in [0.15, 0.2) is 24.3 Å². The molecular formula is C19H27N. The number of benzene rings is 1. The summed E-state index contributed by atoms with van der Waals surface area (Å²) in [5, 5.41) is 8.86. The molecule has 0 bridgehead atoms. The molecule has 0 saturated heterocycles. The Morgan fingerprint density at radius 1 is 1.15 bits per heavy atom. The van der Waals surface area contributed by atoms with Gasteiger partial charge in [0.1, 0.15) is 0 Å². The fraction of sp³-hybridized carbons (Fsp3) is 0.632. The maximum absolute atomic E-state index is 8.86. The maximum Gasteiger partial charge on any atom is 0.0991 e. The molecule has 0 unspecified atom stereocenters. The Morgan fingerprint density at radius 2 is 1.80 bits per heavy atom. The van der Waals surface area contributed by atoms with Crippen LogP contribution >= 0.6 is 0 Å². The highest BCUT2D eigenvalue weighted by Gasteiger charge is 2.30. The molecule has 0 N–H and O–H groups in total. The van der Waals surface area contributed by atoms with Gasteiger partial charge >= 0.3 is 0 Å². The fourth-order valence-electron chi connectivity index (χ4n) is 3.53. The summed E-state index contributed by atoms with van der Waals surface area (Å²) < 4.78 is 0. The van der Waals surface area contributed by atoms with Crippen LogP contribution in [0, 0.1) is 16.7 Å². The molecule has 1 heteroatoms. The lowest BCUT2D eigenvalue weighted by Crippen LogP contribution is -2.23. The molecule has 0 radical (unpaired) electrons. The van der Waals surface area contributed by atoms with E-state index in [4.69, 9.17) is 5.26 Å². The second-order valence-corrected chi connectivity index (χ2v) is 6.78. The molecule has 1 saturated carbocycles. The van der Waals surface area contributed by atoms with Gasteiger partial charge in [-0.1, -0.05) is 45.2 Å². The van der Waals surface area contributed by atoms with E-state index in [9.17, 15) is 0 Å². The standard InChI is InChI=1S/C19H27N/c1-3-4-5-12-19(2)13-10-18(11-14-19)17-8-6-16(15-20)7-9-17/h6-9,18H,3-5,10-14H2,1-2H3. The Morgan fingerprint density at radius 3 is 2.35 bits per heavy atom. The van der Waals surface area contributed by atoms with Gasteiger partial charge in [0.2, 0.25) is 0 Å². The Labute approximate surface area is 124 Å². The fourth-order valence-corrected chi connectivity index (χ4v) is 3.53. The zero-order valence-electron chi connectivity index (χ0n) is 13.0. The number of hydrogen-bond donors (Lipinski definition) is 0. The van der Waals surface area contributed by atoms with Gasteiger partial charge in [0.25, 0.3) is 0 Å². The van der Waals surface area contributed by atoms with Gasteiger partial charge in [0.15, 0.2) is 0 Å². The first-order chi connectivity index (χ1) is 9.67. The predicted octanol–water partition coefficient (Wildman–Crippen LogP) is 5.80. The molecule has 1 fully saturated rings. The number of hydrogen-bond acceptors (Lipinski definition) is 1. The quantitative estimate of drug-likeness (QED) is 0.619. The number of unbranched alkanes of at least 4 members (excludes halogenated alkanes) is 2. The minimum Gasteiger partial charge on any atom is -0.192 e. The topological polar surface area (TPSA) is 23.8 Å². The molecule has 0 heterocycles. The van der Waals surface area contributed by atoms with E-state index in [2.05, 4.69) is 32.0 Å². The Balaban J connectivity index is 1.88. The minimum absolute atomic E-state index is 0.582. The van der Waals surface area contributed by atoms with Gasteiger partial charge in [0.05, 0.1) is 11.6 Å². The van der Waals surface area contributed by atoms with Crippen LogP contribution in [0.25, 0.3) is 0 Å². The third kappa shape index (κ3) is 3.85. The molecule has 1 aliphatic carbocycles. The summed E-state index contributed by atoms with van der Waals surface area (Å²) in [5.41, 5.74) is 2.78. The molecular weight excluding hydrogens is 242 g/mol. The van der Waals surface area contributed by atoms with E-state index in [1.165, 1.54) is 56.9 Å². The van der Waals surface area contributed by atoms with Crippen LogP contribution in [0.3, 0.4) is 0 Å². The summed E-state index contributed by atoms with van der Waals surface area (Å²) in [5.74, 6) is 0.710. The zero-order valence-corrected chi connectivity index (χ0v) is 13.0. The van der Waals surface area contributed by atoms with Crippen molar-refractivity contribution in [2.24, 2.45) is 5.41 Å². The summed E-state index contributed by atoms with van der Waals surface area (Å²) in [6.07, 6.45) is 10.9. The normalized spacial score (nSPS) is 26.1. The van der Waals surface area contributed by atoms with Crippen molar-refractivity contribution in [2.45, 2.75) is 71.1 Å². The van der Waals surface area contributed by atoms with Gasteiger partial charge in [-0.15, -0.1) is 0 Å². The van der Waals surface area contributed by atoms with E-state index >= 15 is 0 Å². The molecule has 1 aromatic rings. The zero-order chi connectivity index (χ0) is 14.4. The van der Waals surface area contributed by atoms with Crippen molar-refractivity contribution in [2.75, 3.05) is 0 Å². The summed E-state index contributed by atoms with van der Waals surface area (Å²) in [6.45, 7) is 4.77. The third-order valence-electron chi connectivity index (χ3n) is 5.09. The highest BCUT2D eigenvalue weighted by atomic mass is 14.4. The average molecular weight is 269 g/mol. The van der Waals surface area contributed by atoms with Crippen molar-refractivity contribution in [3.05, 3.63) is 35.4 Å². The molecule has 0 aliphatic heterocycles. The summed E-state index contributed by atoms with van der Waals surface area (Å²) in [7, 11) is 0. The van der Waals surface area contributed by atoms with Crippen LogP contribution < -0.4 is 0 Å².